The molecule has 0 spiro atoms. The van der Waals surface area contributed by atoms with E-state index in [-0.39, 0.29) is 11.5 Å². The van der Waals surface area contributed by atoms with E-state index in [2.05, 4.69) is 51.1 Å². The number of rotatable bonds is 1. The Morgan fingerprint density at radius 1 is 1.30 bits per heavy atom. The van der Waals surface area contributed by atoms with Crippen LogP contribution in [0.3, 0.4) is 0 Å². The lowest BCUT2D eigenvalue weighted by atomic mass is 9.86. The molecular weight excluding hydrogens is 306 g/mol. The van der Waals surface area contributed by atoms with Crippen LogP contribution in [0.4, 0.5) is 0 Å². The van der Waals surface area contributed by atoms with Gasteiger partial charge in [-0.1, -0.05) is 56.8 Å². The Kier molecular flexibility index (Phi) is 4.22. The molecule has 4 nitrogen and oxygen atoms in total. The Labute approximate surface area is 141 Å². The molecule has 2 heterocycles. The van der Waals surface area contributed by atoms with Crippen LogP contribution in [0, 0.1) is 11.3 Å². The van der Waals surface area contributed by atoms with Crippen LogP contribution in [0.1, 0.15) is 31.9 Å². The first-order chi connectivity index (χ1) is 10.9. The lowest BCUT2D eigenvalue weighted by Gasteiger charge is -2.36. The van der Waals surface area contributed by atoms with Crippen LogP contribution >= 0.6 is 11.8 Å². The molecule has 23 heavy (non-hydrogen) atoms. The number of hydrogen-bond acceptors (Lipinski definition) is 5. The highest BCUT2D eigenvalue weighted by Crippen LogP contribution is 2.31. The smallest absolute Gasteiger partial charge is 0.165 e. The second-order valence-corrected chi connectivity index (χ2v) is 7.95. The van der Waals surface area contributed by atoms with Crippen LogP contribution in [-0.4, -0.2) is 39.6 Å². The number of thioether (sulfide) groups is 1. The molecule has 1 saturated heterocycles. The predicted molar refractivity (Wildman–Crippen MR) is 95.1 cm³/mol. The van der Waals surface area contributed by atoms with Gasteiger partial charge in [0.15, 0.2) is 5.17 Å². The van der Waals surface area contributed by atoms with Crippen molar-refractivity contribution in [3.05, 3.63) is 41.5 Å². The van der Waals surface area contributed by atoms with E-state index in [0.29, 0.717) is 12.3 Å². The average Bonchev–Trinajstić information content (AvgIpc) is 2.53. The van der Waals surface area contributed by atoms with Gasteiger partial charge in [-0.3, -0.25) is 0 Å². The topological polar surface area (TPSA) is 59.6 Å². The van der Waals surface area contributed by atoms with E-state index in [1.807, 2.05) is 11.0 Å². The molecule has 0 aliphatic carbocycles. The van der Waals surface area contributed by atoms with Crippen LogP contribution in [0.2, 0.25) is 0 Å². The first-order valence-electron chi connectivity index (χ1n) is 7.77. The molecule has 1 aromatic rings. The maximum Gasteiger partial charge on any atom is 0.165 e. The zero-order chi connectivity index (χ0) is 16.6. The van der Waals surface area contributed by atoms with E-state index in [1.54, 1.807) is 0 Å². The third kappa shape index (κ3) is 3.29. The largest absolute Gasteiger partial charge is 0.390 e. The van der Waals surface area contributed by atoms with Crippen molar-refractivity contribution in [2.45, 2.75) is 38.3 Å². The molecule has 3 rings (SSSR count). The normalized spacial score (nSPS) is 24.4. The summed E-state index contributed by atoms with van der Waals surface area (Å²) in [5.74, 6) is 0.629. The molecule has 0 amide bonds. The van der Waals surface area contributed by atoms with Crippen molar-refractivity contribution in [1.29, 1.82) is 5.26 Å². The standard InChI is InChI=1S/C18H21N3OS/c1-18(2,3)13-6-4-12(5-7-13)16-8-14(9-19)21-10-15(22)11-23-17(21)20-16/h4-8,14-15,22H,10-11H2,1-3H3. The van der Waals surface area contributed by atoms with E-state index in [9.17, 15) is 10.4 Å². The van der Waals surface area contributed by atoms with Gasteiger partial charge in [0.25, 0.3) is 0 Å². The SMILES string of the molecule is CC(C)(C)c1ccc(C2=CC(C#N)N3CC(O)CSC3=N2)cc1. The van der Waals surface area contributed by atoms with E-state index in [0.717, 1.165) is 16.4 Å². The average molecular weight is 327 g/mol. The number of nitrogens with zero attached hydrogens (tertiary/aromatic N) is 3. The highest BCUT2D eigenvalue weighted by atomic mass is 32.2. The molecule has 0 saturated carbocycles. The van der Waals surface area contributed by atoms with Gasteiger partial charge in [0.05, 0.1) is 17.9 Å². The van der Waals surface area contributed by atoms with Crippen molar-refractivity contribution >= 4 is 22.6 Å². The Bertz CT molecular complexity index is 694. The fraction of sp³-hybridized carbons (Fsp3) is 0.444. The summed E-state index contributed by atoms with van der Waals surface area (Å²) >= 11 is 1.51. The number of nitriles is 1. The van der Waals surface area contributed by atoms with Gasteiger partial charge in [0.2, 0.25) is 0 Å². The van der Waals surface area contributed by atoms with Crippen molar-refractivity contribution in [2.75, 3.05) is 12.3 Å². The minimum Gasteiger partial charge on any atom is -0.390 e. The van der Waals surface area contributed by atoms with Gasteiger partial charge < -0.3 is 10.0 Å². The van der Waals surface area contributed by atoms with Crippen LogP contribution in [0.15, 0.2) is 35.3 Å². The molecule has 2 unspecified atom stereocenters. The Hall–Kier alpha value is -1.77. The molecule has 2 aliphatic heterocycles. The monoisotopic (exact) mass is 327 g/mol. The minimum atomic E-state index is -0.407. The quantitative estimate of drug-likeness (QED) is 0.861. The van der Waals surface area contributed by atoms with Gasteiger partial charge in [-0.15, -0.1) is 0 Å². The molecule has 1 aromatic carbocycles. The molecule has 1 fully saturated rings. The summed E-state index contributed by atoms with van der Waals surface area (Å²) in [7, 11) is 0. The number of amidine groups is 1. The lowest BCUT2D eigenvalue weighted by Crippen LogP contribution is -2.48. The number of aliphatic hydroxyl groups excluding tert-OH is 1. The summed E-state index contributed by atoms with van der Waals surface area (Å²) in [6.45, 7) is 7.04. The van der Waals surface area contributed by atoms with E-state index < -0.39 is 6.10 Å². The number of fused-ring (bicyclic) bond motifs is 1. The third-order valence-corrected chi connectivity index (χ3v) is 5.24. The predicted octanol–water partition coefficient (Wildman–Crippen LogP) is 3.00. The summed E-state index contributed by atoms with van der Waals surface area (Å²) in [5.41, 5.74) is 3.26. The van der Waals surface area contributed by atoms with Crippen LogP contribution in [0.25, 0.3) is 5.70 Å². The van der Waals surface area contributed by atoms with Gasteiger partial charge in [-0.25, -0.2) is 4.99 Å². The third-order valence-electron chi connectivity index (χ3n) is 4.10. The van der Waals surface area contributed by atoms with Crippen molar-refractivity contribution in [2.24, 2.45) is 4.99 Å². The second kappa shape index (κ2) is 6.03. The van der Waals surface area contributed by atoms with Crippen molar-refractivity contribution in [1.82, 2.24) is 4.90 Å². The summed E-state index contributed by atoms with van der Waals surface area (Å²) in [6, 6.07) is 10.3. The Morgan fingerprint density at radius 3 is 2.61 bits per heavy atom. The number of hydrogen-bond donors (Lipinski definition) is 1. The summed E-state index contributed by atoms with van der Waals surface area (Å²) in [5, 5.41) is 20.1. The first-order valence-corrected chi connectivity index (χ1v) is 8.75. The van der Waals surface area contributed by atoms with Crippen molar-refractivity contribution in [3.63, 3.8) is 0 Å². The van der Waals surface area contributed by atoms with Gasteiger partial charge in [-0.2, -0.15) is 5.26 Å². The highest BCUT2D eigenvalue weighted by molar-refractivity contribution is 8.13. The van der Waals surface area contributed by atoms with E-state index in [1.165, 1.54) is 17.3 Å². The fourth-order valence-corrected chi connectivity index (χ4v) is 3.69. The van der Waals surface area contributed by atoms with Crippen molar-refractivity contribution < 1.29 is 5.11 Å². The lowest BCUT2D eigenvalue weighted by molar-refractivity contribution is 0.158. The summed E-state index contributed by atoms with van der Waals surface area (Å²) in [4.78, 5) is 6.58. The first kappa shape index (κ1) is 16.1. The minimum absolute atomic E-state index is 0.118. The molecule has 2 aliphatic rings. The van der Waals surface area contributed by atoms with E-state index >= 15 is 0 Å². The maximum absolute atomic E-state index is 9.80. The van der Waals surface area contributed by atoms with Crippen LogP contribution in [0.5, 0.6) is 0 Å². The van der Waals surface area contributed by atoms with E-state index in [4.69, 9.17) is 4.99 Å². The van der Waals surface area contributed by atoms with Crippen LogP contribution in [-0.2, 0) is 5.41 Å². The molecule has 0 bridgehead atoms. The summed E-state index contributed by atoms with van der Waals surface area (Å²) < 4.78 is 0. The Balaban J connectivity index is 1.91. The number of benzene rings is 1. The molecule has 0 aromatic heterocycles. The molecule has 5 heteroatoms. The zero-order valence-corrected chi connectivity index (χ0v) is 14.5. The van der Waals surface area contributed by atoms with Crippen LogP contribution < -0.4 is 0 Å². The maximum atomic E-state index is 9.80. The van der Waals surface area contributed by atoms with Gasteiger partial charge >= 0.3 is 0 Å². The molecule has 0 radical (unpaired) electrons. The molecule has 2 atom stereocenters. The van der Waals surface area contributed by atoms with Crippen molar-refractivity contribution in [3.8, 4) is 6.07 Å². The molecular formula is C18H21N3OS. The van der Waals surface area contributed by atoms with Gasteiger partial charge in [0, 0.05) is 17.9 Å². The number of aliphatic hydroxyl groups is 1. The Morgan fingerprint density at radius 2 is 2.00 bits per heavy atom. The van der Waals surface area contributed by atoms with Gasteiger partial charge in [0.1, 0.15) is 6.04 Å². The van der Waals surface area contributed by atoms with Gasteiger partial charge in [-0.05, 0) is 17.1 Å². The zero-order valence-electron chi connectivity index (χ0n) is 13.7. The fourth-order valence-electron chi connectivity index (χ4n) is 2.73. The molecule has 120 valence electrons. The second-order valence-electron chi connectivity index (χ2n) is 6.96. The highest BCUT2D eigenvalue weighted by Gasteiger charge is 2.31. The summed E-state index contributed by atoms with van der Waals surface area (Å²) in [6.07, 6.45) is 1.48. The molecule has 1 N–H and O–H groups in total. The number of aliphatic imine (C=N–C) groups is 1.